The number of nitrogens with zero attached hydrogens (tertiary/aromatic N) is 3. The van der Waals surface area contributed by atoms with E-state index in [2.05, 4.69) is 20.5 Å². The average Bonchev–Trinajstić information content (AvgIpc) is 3.38. The molecule has 38 heavy (non-hydrogen) atoms. The Bertz CT molecular complexity index is 1480. The highest BCUT2D eigenvalue weighted by molar-refractivity contribution is 7.99. The van der Waals surface area contributed by atoms with Crippen molar-refractivity contribution in [3.63, 3.8) is 0 Å². The number of carbonyl (C=O) groups excluding carboxylic acids is 1. The van der Waals surface area contributed by atoms with Crippen LogP contribution in [0.1, 0.15) is 5.56 Å². The van der Waals surface area contributed by atoms with E-state index in [1.807, 2.05) is 30.3 Å². The fraction of sp³-hybridized carbons (Fsp3) is 0.160. The predicted molar refractivity (Wildman–Crippen MR) is 146 cm³/mol. The van der Waals surface area contributed by atoms with E-state index in [4.69, 9.17) is 23.2 Å². The lowest BCUT2D eigenvalue weighted by atomic mass is 10.2. The molecule has 1 aromatic heterocycles. The van der Waals surface area contributed by atoms with E-state index in [0.29, 0.717) is 21.8 Å². The summed E-state index contributed by atoms with van der Waals surface area (Å²) in [6, 6.07) is 19.1. The number of aromatic amines is 1. The van der Waals surface area contributed by atoms with Gasteiger partial charge in [0, 0.05) is 40.0 Å². The van der Waals surface area contributed by atoms with Gasteiger partial charge in [0.05, 0.1) is 11.4 Å². The van der Waals surface area contributed by atoms with Crippen molar-refractivity contribution in [1.82, 2.24) is 24.8 Å². The highest BCUT2D eigenvalue weighted by Crippen LogP contribution is 2.25. The van der Waals surface area contributed by atoms with Crippen LogP contribution in [0.5, 0.6) is 0 Å². The largest absolute Gasteiger partial charge is 0.354 e. The first kappa shape index (κ1) is 28.1. The molecule has 0 bridgehead atoms. The van der Waals surface area contributed by atoms with Crippen LogP contribution in [0.3, 0.4) is 0 Å². The Balaban J connectivity index is 1.40. The molecule has 0 atom stereocenters. The van der Waals surface area contributed by atoms with E-state index in [1.54, 1.807) is 0 Å². The van der Waals surface area contributed by atoms with Crippen molar-refractivity contribution in [1.29, 1.82) is 0 Å². The van der Waals surface area contributed by atoms with Gasteiger partial charge >= 0.3 is 0 Å². The zero-order valence-electron chi connectivity index (χ0n) is 19.8. The molecular formula is C25H22Cl2FN5O3S2. The minimum atomic E-state index is -4.18. The SMILES string of the molecule is O=C(CN(Cc1c(F)cccc1Cl)S(=O)(=O)c1ccc(Cl)cc1)NCCSc1n[nH]c(-c2ccccc2)n1. The van der Waals surface area contributed by atoms with E-state index >= 15 is 0 Å². The molecule has 0 aliphatic carbocycles. The van der Waals surface area contributed by atoms with Crippen LogP contribution < -0.4 is 5.32 Å². The molecule has 0 saturated carbocycles. The summed E-state index contributed by atoms with van der Waals surface area (Å²) >= 11 is 13.4. The molecule has 3 aromatic carbocycles. The standard InChI is InChI=1S/C25H22Cl2FN5O3S2/c26-18-9-11-19(12-10-18)38(35,36)33(15-20-21(27)7-4-8-22(20)28)16-23(34)29-13-14-37-25-30-24(31-32-25)17-5-2-1-3-6-17/h1-12H,13-16H2,(H,29,34)(H,30,31,32). The number of thioether (sulfide) groups is 1. The Morgan fingerprint density at radius 1 is 1.03 bits per heavy atom. The molecule has 0 unspecified atom stereocenters. The highest BCUT2D eigenvalue weighted by Gasteiger charge is 2.28. The van der Waals surface area contributed by atoms with Gasteiger partial charge in [-0.15, -0.1) is 5.10 Å². The molecule has 4 aromatic rings. The summed E-state index contributed by atoms with van der Waals surface area (Å²) in [5.74, 6) is -0.157. The van der Waals surface area contributed by atoms with Crippen LogP contribution in [0.15, 0.2) is 82.8 Å². The summed E-state index contributed by atoms with van der Waals surface area (Å²) in [4.78, 5) is 17.1. The molecule has 0 spiro atoms. The molecule has 8 nitrogen and oxygen atoms in total. The minimum Gasteiger partial charge on any atom is -0.354 e. The van der Waals surface area contributed by atoms with Crippen LogP contribution in [0.25, 0.3) is 11.4 Å². The maximum Gasteiger partial charge on any atom is 0.243 e. The number of hydrogen-bond acceptors (Lipinski definition) is 6. The van der Waals surface area contributed by atoms with Crippen molar-refractivity contribution in [2.45, 2.75) is 16.6 Å². The van der Waals surface area contributed by atoms with Gasteiger partial charge in [-0.25, -0.2) is 17.8 Å². The summed E-state index contributed by atoms with van der Waals surface area (Å²) in [7, 11) is -4.18. The Morgan fingerprint density at radius 2 is 1.76 bits per heavy atom. The van der Waals surface area contributed by atoms with E-state index in [0.717, 1.165) is 9.87 Å². The molecule has 4 rings (SSSR count). The van der Waals surface area contributed by atoms with Crippen LogP contribution in [-0.2, 0) is 21.4 Å². The van der Waals surface area contributed by atoms with Gasteiger partial charge in [0.15, 0.2) is 5.82 Å². The second-order valence-electron chi connectivity index (χ2n) is 7.96. The number of rotatable bonds is 11. The predicted octanol–water partition coefficient (Wildman–Crippen LogP) is 5.02. The van der Waals surface area contributed by atoms with Crippen molar-refractivity contribution in [3.8, 4) is 11.4 Å². The monoisotopic (exact) mass is 593 g/mol. The van der Waals surface area contributed by atoms with Gasteiger partial charge in [-0.2, -0.15) is 4.31 Å². The normalized spacial score (nSPS) is 11.6. The molecule has 0 fully saturated rings. The first-order valence-corrected chi connectivity index (χ1v) is 14.5. The number of hydrogen-bond donors (Lipinski definition) is 2. The second-order valence-corrected chi connectivity index (χ2v) is 11.8. The Morgan fingerprint density at radius 3 is 2.47 bits per heavy atom. The van der Waals surface area contributed by atoms with Crippen LogP contribution in [0, 0.1) is 5.82 Å². The van der Waals surface area contributed by atoms with Gasteiger partial charge in [0.25, 0.3) is 0 Å². The number of carbonyl (C=O) groups is 1. The Labute approximate surface area is 233 Å². The number of amides is 1. The molecule has 0 aliphatic rings. The summed E-state index contributed by atoms with van der Waals surface area (Å²) in [6.45, 7) is -0.745. The third kappa shape index (κ3) is 7.12. The second kappa shape index (κ2) is 12.7. The van der Waals surface area contributed by atoms with E-state index in [9.17, 15) is 17.6 Å². The van der Waals surface area contributed by atoms with Gasteiger partial charge in [0.2, 0.25) is 21.1 Å². The van der Waals surface area contributed by atoms with Crippen LogP contribution in [-0.4, -0.2) is 52.7 Å². The number of halogens is 3. The third-order valence-corrected chi connectivity index (χ3v) is 8.60. The molecule has 2 N–H and O–H groups in total. The zero-order valence-corrected chi connectivity index (χ0v) is 22.9. The van der Waals surface area contributed by atoms with E-state index < -0.39 is 34.8 Å². The molecule has 0 saturated heterocycles. The van der Waals surface area contributed by atoms with Crippen molar-refractivity contribution < 1.29 is 17.6 Å². The summed E-state index contributed by atoms with van der Waals surface area (Å²) in [5, 5.41) is 10.6. The van der Waals surface area contributed by atoms with Gasteiger partial charge in [-0.3, -0.25) is 9.89 Å². The fourth-order valence-corrected chi connectivity index (χ4v) is 5.79. The third-order valence-electron chi connectivity index (χ3n) is 5.34. The smallest absolute Gasteiger partial charge is 0.243 e. The van der Waals surface area contributed by atoms with Crippen molar-refractivity contribution >= 4 is 50.9 Å². The number of benzene rings is 3. The molecule has 198 valence electrons. The topological polar surface area (TPSA) is 108 Å². The molecular weight excluding hydrogens is 572 g/mol. The first-order chi connectivity index (χ1) is 18.2. The highest BCUT2D eigenvalue weighted by atomic mass is 35.5. The zero-order chi connectivity index (χ0) is 27.1. The number of H-pyrrole nitrogens is 1. The molecule has 0 radical (unpaired) electrons. The molecule has 0 aliphatic heterocycles. The van der Waals surface area contributed by atoms with Crippen LogP contribution >= 0.6 is 35.0 Å². The molecule has 1 amide bonds. The lowest BCUT2D eigenvalue weighted by Crippen LogP contribution is -2.41. The van der Waals surface area contributed by atoms with Gasteiger partial charge < -0.3 is 5.32 Å². The lowest BCUT2D eigenvalue weighted by Gasteiger charge is -2.22. The lowest BCUT2D eigenvalue weighted by molar-refractivity contribution is -0.121. The quantitative estimate of drug-likeness (QED) is 0.187. The first-order valence-electron chi connectivity index (χ1n) is 11.3. The van der Waals surface area contributed by atoms with Crippen molar-refractivity contribution in [2.75, 3.05) is 18.8 Å². The molecule has 1 heterocycles. The number of sulfonamides is 1. The maximum absolute atomic E-state index is 14.5. The summed E-state index contributed by atoms with van der Waals surface area (Å²) < 4.78 is 42.1. The van der Waals surface area contributed by atoms with Crippen molar-refractivity contribution in [2.24, 2.45) is 0 Å². The average molecular weight is 595 g/mol. The van der Waals surface area contributed by atoms with Gasteiger partial charge in [-0.05, 0) is 36.4 Å². The van der Waals surface area contributed by atoms with Crippen LogP contribution in [0.2, 0.25) is 10.0 Å². The summed E-state index contributed by atoms with van der Waals surface area (Å²) in [5.41, 5.74) is 0.867. The van der Waals surface area contributed by atoms with E-state index in [-0.39, 0.29) is 22.0 Å². The van der Waals surface area contributed by atoms with Crippen LogP contribution in [0.4, 0.5) is 4.39 Å². The summed E-state index contributed by atoms with van der Waals surface area (Å²) in [6.07, 6.45) is 0. The maximum atomic E-state index is 14.5. The van der Waals surface area contributed by atoms with Crippen molar-refractivity contribution in [3.05, 3.63) is 94.2 Å². The minimum absolute atomic E-state index is 0.0334. The van der Waals surface area contributed by atoms with E-state index in [1.165, 1.54) is 54.2 Å². The van der Waals surface area contributed by atoms with Gasteiger partial charge in [0.1, 0.15) is 5.82 Å². The number of nitrogens with one attached hydrogen (secondary N) is 2. The fourth-order valence-electron chi connectivity index (χ4n) is 3.43. The van der Waals surface area contributed by atoms with Gasteiger partial charge in [-0.1, -0.05) is 71.4 Å². The Hall–Kier alpha value is -2.96. The number of aromatic nitrogens is 3. The Kier molecular flexibility index (Phi) is 9.40. The molecule has 13 heteroatoms.